The number of hydrogen-bond acceptors (Lipinski definition) is 4. The van der Waals surface area contributed by atoms with Crippen LogP contribution in [0.4, 0.5) is 0 Å². The van der Waals surface area contributed by atoms with E-state index in [0.717, 1.165) is 25.7 Å². The van der Waals surface area contributed by atoms with Crippen molar-refractivity contribution >= 4 is 16.1 Å². The minimum Gasteiger partial charge on any atom is -0.340 e. The lowest BCUT2D eigenvalue weighted by Crippen LogP contribution is -2.57. The zero-order valence-corrected chi connectivity index (χ0v) is 13.4. The summed E-state index contributed by atoms with van der Waals surface area (Å²) in [5.41, 5.74) is 5.47. The Morgan fingerprint density at radius 1 is 1.19 bits per heavy atom. The molecule has 1 aliphatic carbocycles. The fourth-order valence-corrected chi connectivity index (χ4v) is 3.97. The van der Waals surface area contributed by atoms with Gasteiger partial charge in [0.05, 0.1) is 5.41 Å². The highest BCUT2D eigenvalue weighted by Crippen LogP contribution is 2.39. The van der Waals surface area contributed by atoms with Crippen LogP contribution in [0.1, 0.15) is 32.6 Å². The molecule has 0 aromatic rings. The van der Waals surface area contributed by atoms with E-state index >= 15 is 0 Å². The third-order valence-corrected chi connectivity index (χ3v) is 6.05. The van der Waals surface area contributed by atoms with Gasteiger partial charge in [-0.1, -0.05) is 6.92 Å². The van der Waals surface area contributed by atoms with Gasteiger partial charge in [0.1, 0.15) is 0 Å². The summed E-state index contributed by atoms with van der Waals surface area (Å²) in [4.78, 5) is 14.6. The standard InChI is InChI=1S/C13H26N4O3S/c1-11-2-4-13(10-14,5-3-11)12(18)16-6-8-17(9-7-16)21(15,19)20/h11H,2-10,14H2,1H3,(H2,15,19,20). The summed E-state index contributed by atoms with van der Waals surface area (Å²) >= 11 is 0. The molecule has 8 heteroatoms. The van der Waals surface area contributed by atoms with Crippen LogP contribution in [-0.4, -0.2) is 56.3 Å². The fourth-order valence-electron chi connectivity index (χ4n) is 3.30. The predicted octanol–water partition coefficient (Wildman–Crippen LogP) is -0.511. The average Bonchev–Trinajstić information content (AvgIpc) is 2.47. The summed E-state index contributed by atoms with van der Waals surface area (Å²) in [7, 11) is -3.66. The van der Waals surface area contributed by atoms with Gasteiger partial charge in [-0.15, -0.1) is 0 Å². The van der Waals surface area contributed by atoms with Crippen molar-refractivity contribution in [2.24, 2.45) is 22.2 Å². The Balaban J connectivity index is 2.00. The van der Waals surface area contributed by atoms with E-state index in [4.69, 9.17) is 10.9 Å². The molecule has 122 valence electrons. The van der Waals surface area contributed by atoms with Crippen LogP contribution in [0, 0.1) is 11.3 Å². The second kappa shape index (κ2) is 6.20. The molecule has 0 radical (unpaired) electrons. The zero-order valence-electron chi connectivity index (χ0n) is 12.6. The van der Waals surface area contributed by atoms with Crippen LogP contribution < -0.4 is 10.9 Å². The van der Waals surface area contributed by atoms with Gasteiger partial charge in [0.15, 0.2) is 0 Å². The molecule has 1 amide bonds. The van der Waals surface area contributed by atoms with E-state index < -0.39 is 15.6 Å². The molecule has 4 N–H and O–H groups in total. The van der Waals surface area contributed by atoms with Crippen molar-refractivity contribution in [3.05, 3.63) is 0 Å². The number of rotatable bonds is 3. The molecule has 1 heterocycles. The van der Waals surface area contributed by atoms with E-state index in [1.54, 1.807) is 4.90 Å². The van der Waals surface area contributed by atoms with Crippen LogP contribution in [0.15, 0.2) is 0 Å². The number of nitrogens with two attached hydrogens (primary N) is 2. The highest BCUT2D eigenvalue weighted by atomic mass is 32.2. The molecule has 0 bridgehead atoms. The lowest BCUT2D eigenvalue weighted by Gasteiger charge is -2.43. The van der Waals surface area contributed by atoms with Crippen LogP contribution in [0.5, 0.6) is 0 Å². The lowest BCUT2D eigenvalue weighted by molar-refractivity contribution is -0.145. The quantitative estimate of drug-likeness (QED) is 0.730. The highest BCUT2D eigenvalue weighted by molar-refractivity contribution is 7.86. The maximum absolute atomic E-state index is 12.8. The van der Waals surface area contributed by atoms with Crippen molar-refractivity contribution in [3.63, 3.8) is 0 Å². The van der Waals surface area contributed by atoms with E-state index in [1.165, 1.54) is 4.31 Å². The minimum atomic E-state index is -3.66. The molecule has 0 unspecified atom stereocenters. The molecular weight excluding hydrogens is 292 g/mol. The smallest absolute Gasteiger partial charge is 0.277 e. The molecule has 1 aliphatic heterocycles. The van der Waals surface area contributed by atoms with Gasteiger partial charge >= 0.3 is 0 Å². The monoisotopic (exact) mass is 318 g/mol. The maximum atomic E-state index is 12.8. The number of amides is 1. The van der Waals surface area contributed by atoms with Crippen LogP contribution in [0.2, 0.25) is 0 Å². The summed E-state index contributed by atoms with van der Waals surface area (Å²) in [5.74, 6) is 0.739. The normalized spacial score (nSPS) is 32.1. The van der Waals surface area contributed by atoms with E-state index in [0.29, 0.717) is 25.6 Å². The molecule has 7 nitrogen and oxygen atoms in total. The van der Waals surface area contributed by atoms with E-state index in [2.05, 4.69) is 6.92 Å². The predicted molar refractivity (Wildman–Crippen MR) is 80.4 cm³/mol. The van der Waals surface area contributed by atoms with Crippen LogP contribution in [0.25, 0.3) is 0 Å². The van der Waals surface area contributed by atoms with Crippen LogP contribution in [0.3, 0.4) is 0 Å². The molecule has 21 heavy (non-hydrogen) atoms. The number of carbonyl (C=O) groups excluding carboxylic acids is 1. The summed E-state index contributed by atoms with van der Waals surface area (Å²) in [6.07, 6.45) is 3.72. The van der Waals surface area contributed by atoms with E-state index in [1.807, 2.05) is 0 Å². The Hall–Kier alpha value is -0.700. The first-order valence-electron chi connectivity index (χ1n) is 7.56. The first kappa shape index (κ1) is 16.7. The topological polar surface area (TPSA) is 110 Å². The highest BCUT2D eigenvalue weighted by Gasteiger charge is 2.43. The molecule has 2 fully saturated rings. The van der Waals surface area contributed by atoms with E-state index in [-0.39, 0.29) is 19.0 Å². The Morgan fingerprint density at radius 2 is 1.71 bits per heavy atom. The third-order valence-electron chi connectivity index (χ3n) is 4.96. The largest absolute Gasteiger partial charge is 0.340 e. The molecular formula is C13H26N4O3S. The Morgan fingerprint density at radius 3 is 2.14 bits per heavy atom. The Labute approximate surface area is 126 Å². The number of nitrogens with zero attached hydrogens (tertiary/aromatic N) is 2. The van der Waals surface area contributed by atoms with E-state index in [9.17, 15) is 13.2 Å². The SMILES string of the molecule is CC1CCC(CN)(C(=O)N2CCN(S(N)(=O)=O)CC2)CC1. The van der Waals surface area contributed by atoms with Crippen molar-refractivity contribution in [3.8, 4) is 0 Å². The number of hydrogen-bond donors (Lipinski definition) is 2. The van der Waals surface area contributed by atoms with Crippen LogP contribution in [-0.2, 0) is 15.0 Å². The molecule has 2 rings (SSSR count). The molecule has 0 atom stereocenters. The lowest BCUT2D eigenvalue weighted by atomic mass is 9.70. The maximum Gasteiger partial charge on any atom is 0.277 e. The van der Waals surface area contributed by atoms with Crippen molar-refractivity contribution in [2.75, 3.05) is 32.7 Å². The first-order chi connectivity index (χ1) is 9.78. The minimum absolute atomic E-state index is 0.0889. The van der Waals surface area contributed by atoms with Gasteiger partial charge in [0.25, 0.3) is 10.2 Å². The Bertz CT molecular complexity index is 478. The zero-order chi connectivity index (χ0) is 15.7. The molecule has 1 saturated heterocycles. The molecule has 2 aliphatic rings. The third kappa shape index (κ3) is 3.56. The summed E-state index contributed by atoms with van der Waals surface area (Å²) < 4.78 is 23.8. The van der Waals surface area contributed by atoms with Gasteiger partial charge in [0.2, 0.25) is 5.91 Å². The van der Waals surface area contributed by atoms with Crippen molar-refractivity contribution in [2.45, 2.75) is 32.6 Å². The van der Waals surface area contributed by atoms with Crippen molar-refractivity contribution in [1.82, 2.24) is 9.21 Å². The average molecular weight is 318 g/mol. The number of carbonyl (C=O) groups is 1. The van der Waals surface area contributed by atoms with Gasteiger partial charge in [-0.3, -0.25) is 4.79 Å². The molecule has 0 aromatic heterocycles. The van der Waals surface area contributed by atoms with Crippen molar-refractivity contribution < 1.29 is 13.2 Å². The first-order valence-corrected chi connectivity index (χ1v) is 9.06. The second-order valence-electron chi connectivity index (χ2n) is 6.40. The second-order valence-corrected chi connectivity index (χ2v) is 7.95. The van der Waals surface area contributed by atoms with Gasteiger partial charge in [-0.25, -0.2) is 5.14 Å². The molecule has 1 saturated carbocycles. The van der Waals surface area contributed by atoms with Crippen LogP contribution >= 0.6 is 0 Å². The van der Waals surface area contributed by atoms with Gasteiger partial charge in [-0.2, -0.15) is 12.7 Å². The fraction of sp³-hybridized carbons (Fsp3) is 0.923. The van der Waals surface area contributed by atoms with Gasteiger partial charge in [-0.05, 0) is 31.6 Å². The van der Waals surface area contributed by atoms with Gasteiger partial charge < -0.3 is 10.6 Å². The number of piperazine rings is 1. The van der Waals surface area contributed by atoms with Gasteiger partial charge in [0, 0.05) is 32.7 Å². The summed E-state index contributed by atoms with van der Waals surface area (Å²) in [5, 5.41) is 5.12. The Kier molecular flexibility index (Phi) is 4.92. The molecule has 0 spiro atoms. The van der Waals surface area contributed by atoms with Crippen molar-refractivity contribution in [1.29, 1.82) is 0 Å². The summed E-state index contributed by atoms with van der Waals surface area (Å²) in [6, 6.07) is 0. The molecule has 0 aromatic carbocycles. The summed E-state index contributed by atoms with van der Waals surface area (Å²) in [6.45, 7) is 3.89.